The lowest BCUT2D eigenvalue weighted by Gasteiger charge is -2.12. The van der Waals surface area contributed by atoms with Crippen molar-refractivity contribution in [3.05, 3.63) is 10.1 Å². The summed E-state index contributed by atoms with van der Waals surface area (Å²) in [5.74, 6) is -1.01. The maximum Gasteiger partial charge on any atom is 0.303 e. The lowest BCUT2D eigenvalue weighted by atomic mass is 9.94. The van der Waals surface area contributed by atoms with Gasteiger partial charge in [0.2, 0.25) is 6.54 Å². The van der Waals surface area contributed by atoms with Crippen LogP contribution in [0.5, 0.6) is 0 Å². The number of nitrogens with zero attached hydrogens (tertiary/aromatic N) is 1. The Morgan fingerprint density at radius 1 is 1.54 bits per heavy atom. The van der Waals surface area contributed by atoms with Crippen LogP contribution in [0.1, 0.15) is 26.7 Å². The third-order valence-electron chi connectivity index (χ3n) is 1.68. The van der Waals surface area contributed by atoms with Crippen molar-refractivity contribution in [2.24, 2.45) is 11.8 Å². The first-order valence-corrected chi connectivity index (χ1v) is 4.25. The molecule has 0 aromatic rings. The first-order chi connectivity index (χ1) is 5.91. The minimum Gasteiger partial charge on any atom is -0.481 e. The van der Waals surface area contributed by atoms with E-state index in [-0.39, 0.29) is 18.9 Å². The molecule has 0 aliphatic carbocycles. The molecule has 0 aromatic heterocycles. The van der Waals surface area contributed by atoms with Crippen LogP contribution in [0.4, 0.5) is 0 Å². The van der Waals surface area contributed by atoms with Crippen molar-refractivity contribution in [2.45, 2.75) is 26.7 Å². The van der Waals surface area contributed by atoms with Crippen LogP contribution < -0.4 is 0 Å². The zero-order valence-corrected chi connectivity index (χ0v) is 7.90. The summed E-state index contributed by atoms with van der Waals surface area (Å²) in [5, 5.41) is 18.7. The van der Waals surface area contributed by atoms with Crippen molar-refractivity contribution < 1.29 is 14.8 Å². The Labute approximate surface area is 76.9 Å². The normalized spacial score (nSPS) is 12.8. The molecule has 0 aliphatic rings. The summed E-state index contributed by atoms with van der Waals surface area (Å²) < 4.78 is 0. The van der Waals surface area contributed by atoms with Crippen molar-refractivity contribution in [1.29, 1.82) is 0 Å². The summed E-state index contributed by atoms with van der Waals surface area (Å²) in [6.45, 7) is 3.61. The second-order valence-electron chi connectivity index (χ2n) is 3.61. The smallest absolute Gasteiger partial charge is 0.303 e. The Morgan fingerprint density at radius 2 is 2.08 bits per heavy atom. The van der Waals surface area contributed by atoms with Crippen LogP contribution in [-0.4, -0.2) is 22.5 Å². The Hall–Kier alpha value is -1.13. The Kier molecular flexibility index (Phi) is 5.03. The molecule has 0 bridgehead atoms. The minimum atomic E-state index is -0.965. The highest BCUT2D eigenvalue weighted by Gasteiger charge is 2.19. The van der Waals surface area contributed by atoms with Crippen LogP contribution in [0.3, 0.4) is 0 Å². The first-order valence-electron chi connectivity index (χ1n) is 4.25. The van der Waals surface area contributed by atoms with Gasteiger partial charge in [-0.1, -0.05) is 13.8 Å². The monoisotopic (exact) mass is 189 g/mol. The molecule has 0 aliphatic heterocycles. The highest BCUT2D eigenvalue weighted by atomic mass is 16.6. The molecule has 0 saturated carbocycles. The molecular formula is C8H15NO4. The summed E-state index contributed by atoms with van der Waals surface area (Å²) >= 11 is 0. The van der Waals surface area contributed by atoms with Gasteiger partial charge in [0, 0.05) is 10.8 Å². The fraction of sp³-hybridized carbons (Fsp3) is 0.875. The van der Waals surface area contributed by atoms with E-state index in [4.69, 9.17) is 5.11 Å². The highest BCUT2D eigenvalue weighted by Crippen LogP contribution is 2.15. The number of aliphatic carboxylic acids is 1. The van der Waals surface area contributed by atoms with E-state index in [0.29, 0.717) is 12.3 Å². The molecule has 0 fully saturated rings. The SMILES string of the molecule is CC(C)C[C@H](CC(=O)O)C[N+](=O)[O-]. The van der Waals surface area contributed by atoms with Crippen LogP contribution in [0.15, 0.2) is 0 Å². The standard InChI is InChI=1S/C8H15NO4/c1-6(2)3-7(4-8(10)11)5-9(12)13/h6-7H,3-5H2,1-2H3,(H,10,11)/t7-/m1/s1. The van der Waals surface area contributed by atoms with Crippen LogP contribution in [0.25, 0.3) is 0 Å². The number of hydrogen-bond acceptors (Lipinski definition) is 3. The number of nitro groups is 1. The molecule has 0 amide bonds. The van der Waals surface area contributed by atoms with Gasteiger partial charge in [0.05, 0.1) is 6.42 Å². The third-order valence-corrected chi connectivity index (χ3v) is 1.68. The molecule has 0 heterocycles. The average molecular weight is 189 g/mol. The van der Waals surface area contributed by atoms with E-state index in [9.17, 15) is 14.9 Å². The molecule has 5 heteroatoms. The summed E-state index contributed by atoms with van der Waals surface area (Å²) in [5.41, 5.74) is 0. The molecule has 1 N–H and O–H groups in total. The highest BCUT2D eigenvalue weighted by molar-refractivity contribution is 5.67. The van der Waals surface area contributed by atoms with Gasteiger partial charge in [-0.05, 0) is 12.3 Å². The Balaban J connectivity index is 4.02. The first kappa shape index (κ1) is 11.9. The van der Waals surface area contributed by atoms with Gasteiger partial charge in [0.15, 0.2) is 0 Å². The molecule has 0 radical (unpaired) electrons. The predicted molar refractivity (Wildman–Crippen MR) is 47.1 cm³/mol. The van der Waals surface area contributed by atoms with Crippen molar-refractivity contribution >= 4 is 5.97 Å². The van der Waals surface area contributed by atoms with Crippen molar-refractivity contribution in [2.75, 3.05) is 6.54 Å². The summed E-state index contributed by atoms with van der Waals surface area (Å²) in [4.78, 5) is 20.1. The van der Waals surface area contributed by atoms with Crippen LogP contribution >= 0.6 is 0 Å². The van der Waals surface area contributed by atoms with Crippen molar-refractivity contribution in [3.8, 4) is 0 Å². The quantitative estimate of drug-likeness (QED) is 0.505. The number of rotatable bonds is 6. The van der Waals surface area contributed by atoms with Gasteiger partial charge in [0.1, 0.15) is 0 Å². The van der Waals surface area contributed by atoms with Gasteiger partial charge in [-0.3, -0.25) is 14.9 Å². The lowest BCUT2D eigenvalue weighted by Crippen LogP contribution is -2.19. The van der Waals surface area contributed by atoms with Crippen LogP contribution in [0, 0.1) is 22.0 Å². The van der Waals surface area contributed by atoms with E-state index in [0.717, 1.165) is 0 Å². The van der Waals surface area contributed by atoms with E-state index in [1.807, 2.05) is 13.8 Å². The second kappa shape index (κ2) is 5.50. The Bertz CT molecular complexity index is 175. The van der Waals surface area contributed by atoms with Gasteiger partial charge in [-0.25, -0.2) is 0 Å². The zero-order valence-electron chi connectivity index (χ0n) is 7.90. The number of carbonyl (C=O) groups is 1. The topological polar surface area (TPSA) is 80.4 Å². The fourth-order valence-electron chi connectivity index (χ4n) is 1.35. The molecule has 5 nitrogen and oxygen atoms in total. The third kappa shape index (κ3) is 7.24. The van der Waals surface area contributed by atoms with Gasteiger partial charge in [-0.15, -0.1) is 0 Å². The summed E-state index contributed by atoms with van der Waals surface area (Å²) in [6.07, 6.45) is 0.479. The van der Waals surface area contributed by atoms with Gasteiger partial charge in [-0.2, -0.15) is 0 Å². The largest absolute Gasteiger partial charge is 0.481 e. The summed E-state index contributed by atoms with van der Waals surface area (Å²) in [7, 11) is 0. The molecular weight excluding hydrogens is 174 g/mol. The average Bonchev–Trinajstić information content (AvgIpc) is 1.80. The van der Waals surface area contributed by atoms with Gasteiger partial charge >= 0.3 is 5.97 Å². The molecule has 13 heavy (non-hydrogen) atoms. The minimum absolute atomic E-state index is 0.112. The lowest BCUT2D eigenvalue weighted by molar-refractivity contribution is -0.488. The van der Waals surface area contributed by atoms with Crippen LogP contribution in [-0.2, 0) is 4.79 Å². The van der Waals surface area contributed by atoms with Gasteiger partial charge < -0.3 is 5.11 Å². The van der Waals surface area contributed by atoms with Crippen molar-refractivity contribution in [3.63, 3.8) is 0 Å². The summed E-state index contributed by atoms with van der Waals surface area (Å²) in [6, 6.07) is 0. The molecule has 0 unspecified atom stereocenters. The molecule has 0 saturated heterocycles. The molecule has 0 spiro atoms. The number of carboxylic acids is 1. The van der Waals surface area contributed by atoms with E-state index in [2.05, 4.69) is 0 Å². The molecule has 0 aromatic carbocycles. The Morgan fingerprint density at radius 3 is 2.38 bits per heavy atom. The zero-order chi connectivity index (χ0) is 10.4. The van der Waals surface area contributed by atoms with E-state index in [1.54, 1.807) is 0 Å². The van der Waals surface area contributed by atoms with E-state index < -0.39 is 10.9 Å². The predicted octanol–water partition coefficient (Wildman–Crippen LogP) is 1.40. The number of hydrogen-bond donors (Lipinski definition) is 1. The maximum atomic E-state index is 10.4. The fourth-order valence-corrected chi connectivity index (χ4v) is 1.35. The number of carboxylic acid groups (broad SMARTS) is 1. The van der Waals surface area contributed by atoms with E-state index >= 15 is 0 Å². The maximum absolute atomic E-state index is 10.4. The van der Waals surface area contributed by atoms with E-state index in [1.165, 1.54) is 0 Å². The molecule has 1 atom stereocenters. The van der Waals surface area contributed by atoms with Gasteiger partial charge in [0.25, 0.3) is 0 Å². The van der Waals surface area contributed by atoms with Crippen LogP contribution in [0.2, 0.25) is 0 Å². The molecule has 76 valence electrons. The second-order valence-corrected chi connectivity index (χ2v) is 3.61. The molecule has 0 rings (SSSR count). The van der Waals surface area contributed by atoms with Crippen molar-refractivity contribution in [1.82, 2.24) is 0 Å².